The van der Waals surface area contributed by atoms with E-state index in [1.54, 1.807) is 26.3 Å². The summed E-state index contributed by atoms with van der Waals surface area (Å²) < 4.78 is 3.07. The van der Waals surface area contributed by atoms with E-state index in [0.29, 0.717) is 0 Å². The van der Waals surface area contributed by atoms with E-state index in [-0.39, 0.29) is 0 Å². The van der Waals surface area contributed by atoms with Gasteiger partial charge in [-0.2, -0.15) is 10.5 Å². The van der Waals surface area contributed by atoms with Gasteiger partial charge in [0.15, 0.2) is 0 Å². The molecule has 0 spiro atoms. The molecule has 0 saturated carbocycles. The van der Waals surface area contributed by atoms with Gasteiger partial charge in [-0.1, -0.05) is 10.7 Å². The standard InChI is InChI=1S/C6H9N3S/c1-6(2,4-7)10(3)9-5-8/h1-3H3. The lowest BCUT2D eigenvalue weighted by molar-refractivity contribution is 0.908. The zero-order valence-electron chi connectivity index (χ0n) is 6.25. The lowest BCUT2D eigenvalue weighted by Crippen LogP contribution is -2.22. The second kappa shape index (κ2) is 3.34. The Labute approximate surface area is 63.4 Å². The summed E-state index contributed by atoms with van der Waals surface area (Å²) in [5, 5.41) is 16.8. The first-order chi connectivity index (χ1) is 4.54. The molecule has 0 radical (unpaired) electrons. The van der Waals surface area contributed by atoms with Crippen molar-refractivity contribution in [1.82, 2.24) is 0 Å². The highest BCUT2D eigenvalue weighted by atomic mass is 32.2. The Bertz CT molecular complexity index is 228. The Morgan fingerprint density at radius 1 is 1.40 bits per heavy atom. The first-order valence-corrected chi connectivity index (χ1v) is 4.31. The molecular formula is C6H9N3S. The average Bonchev–Trinajstić information content (AvgIpc) is 1.89. The quantitative estimate of drug-likeness (QED) is 0.534. The molecule has 54 valence electrons. The number of hydrogen-bond donors (Lipinski definition) is 0. The SMILES string of the molecule is CS(=NC#N)C(C)(C)C#N. The second-order valence-electron chi connectivity index (χ2n) is 2.29. The van der Waals surface area contributed by atoms with E-state index in [4.69, 9.17) is 10.5 Å². The van der Waals surface area contributed by atoms with E-state index in [0.717, 1.165) is 0 Å². The van der Waals surface area contributed by atoms with Crippen molar-refractivity contribution in [3.63, 3.8) is 0 Å². The largest absolute Gasteiger partial charge is 0.212 e. The van der Waals surface area contributed by atoms with Crippen molar-refractivity contribution >= 4 is 10.7 Å². The summed E-state index contributed by atoms with van der Waals surface area (Å²) in [7, 11) is -0.478. The molecule has 0 aliphatic heterocycles. The van der Waals surface area contributed by atoms with Gasteiger partial charge in [-0.25, -0.2) is 0 Å². The molecule has 0 aromatic carbocycles. The molecule has 0 amide bonds. The van der Waals surface area contributed by atoms with Crippen LogP contribution in [0.25, 0.3) is 0 Å². The van der Waals surface area contributed by atoms with Crippen molar-refractivity contribution in [1.29, 1.82) is 10.5 Å². The third kappa shape index (κ3) is 2.16. The van der Waals surface area contributed by atoms with Crippen LogP contribution in [0, 0.1) is 22.8 Å². The number of rotatable bonds is 1. The predicted octanol–water partition coefficient (Wildman–Crippen LogP) is 1.20. The van der Waals surface area contributed by atoms with E-state index < -0.39 is 15.4 Å². The Balaban J connectivity index is 4.56. The van der Waals surface area contributed by atoms with Crippen LogP contribution in [-0.4, -0.2) is 11.0 Å². The molecule has 10 heavy (non-hydrogen) atoms. The van der Waals surface area contributed by atoms with Gasteiger partial charge >= 0.3 is 0 Å². The van der Waals surface area contributed by atoms with Crippen LogP contribution in [0.1, 0.15) is 13.8 Å². The minimum Gasteiger partial charge on any atom is -0.197 e. The van der Waals surface area contributed by atoms with Gasteiger partial charge in [-0.15, -0.1) is 4.36 Å². The highest BCUT2D eigenvalue weighted by Gasteiger charge is 2.19. The van der Waals surface area contributed by atoms with Crippen LogP contribution in [-0.2, 0) is 10.7 Å². The van der Waals surface area contributed by atoms with Gasteiger partial charge in [-0.3, -0.25) is 0 Å². The monoisotopic (exact) mass is 155 g/mol. The van der Waals surface area contributed by atoms with Crippen LogP contribution in [0.2, 0.25) is 0 Å². The third-order valence-corrected chi connectivity index (χ3v) is 3.11. The molecule has 0 saturated heterocycles. The van der Waals surface area contributed by atoms with Crippen molar-refractivity contribution < 1.29 is 0 Å². The molecule has 1 atom stereocenters. The fourth-order valence-electron chi connectivity index (χ4n) is 0.241. The Kier molecular flexibility index (Phi) is 3.05. The number of nitriles is 2. The summed E-state index contributed by atoms with van der Waals surface area (Å²) in [6.07, 6.45) is 3.48. The summed E-state index contributed by atoms with van der Waals surface area (Å²) in [4.78, 5) is 0. The molecule has 1 unspecified atom stereocenters. The molecule has 0 aromatic rings. The summed E-state index contributed by atoms with van der Waals surface area (Å²) in [5.41, 5.74) is 0. The minimum absolute atomic E-state index is 0.478. The Hall–Kier alpha value is -0.870. The molecule has 0 fully saturated rings. The topological polar surface area (TPSA) is 59.9 Å². The fraction of sp³-hybridized carbons (Fsp3) is 0.667. The first-order valence-electron chi connectivity index (χ1n) is 2.72. The van der Waals surface area contributed by atoms with Crippen LogP contribution < -0.4 is 0 Å². The van der Waals surface area contributed by atoms with Gasteiger partial charge in [0.05, 0.1) is 6.07 Å². The molecule has 0 heterocycles. The maximum atomic E-state index is 8.58. The summed E-state index contributed by atoms with van der Waals surface area (Å²) in [6.45, 7) is 3.55. The van der Waals surface area contributed by atoms with E-state index >= 15 is 0 Å². The predicted molar refractivity (Wildman–Crippen MR) is 41.0 cm³/mol. The zero-order valence-corrected chi connectivity index (χ0v) is 7.07. The van der Waals surface area contributed by atoms with Crippen LogP contribution in [0.15, 0.2) is 4.36 Å². The lowest BCUT2D eigenvalue weighted by atomic mass is 10.2. The van der Waals surface area contributed by atoms with Crippen LogP contribution >= 0.6 is 0 Å². The van der Waals surface area contributed by atoms with E-state index in [2.05, 4.69) is 10.4 Å². The molecule has 0 aromatic heterocycles. The molecule has 0 bridgehead atoms. The van der Waals surface area contributed by atoms with Gasteiger partial charge in [0, 0.05) is 0 Å². The summed E-state index contributed by atoms with van der Waals surface area (Å²) in [6, 6.07) is 2.09. The van der Waals surface area contributed by atoms with E-state index in [9.17, 15) is 0 Å². The lowest BCUT2D eigenvalue weighted by Gasteiger charge is -2.13. The number of nitrogens with zero attached hydrogens (tertiary/aromatic N) is 3. The van der Waals surface area contributed by atoms with Gasteiger partial charge in [0.2, 0.25) is 6.19 Å². The zero-order chi connectivity index (χ0) is 8.20. The highest BCUT2D eigenvalue weighted by molar-refractivity contribution is 7.88. The van der Waals surface area contributed by atoms with Gasteiger partial charge in [0.1, 0.15) is 4.75 Å². The minimum atomic E-state index is -0.504. The molecule has 0 N–H and O–H groups in total. The van der Waals surface area contributed by atoms with Crippen molar-refractivity contribution in [2.24, 2.45) is 4.36 Å². The molecular weight excluding hydrogens is 146 g/mol. The van der Waals surface area contributed by atoms with E-state index in [1.807, 2.05) is 0 Å². The van der Waals surface area contributed by atoms with E-state index in [1.165, 1.54) is 0 Å². The maximum absolute atomic E-state index is 8.58. The van der Waals surface area contributed by atoms with Gasteiger partial charge in [-0.05, 0) is 20.1 Å². The average molecular weight is 155 g/mol. The van der Waals surface area contributed by atoms with Crippen molar-refractivity contribution in [2.45, 2.75) is 18.6 Å². The van der Waals surface area contributed by atoms with Crippen molar-refractivity contribution in [2.75, 3.05) is 6.26 Å². The molecule has 4 heteroatoms. The molecule has 0 rings (SSSR count). The van der Waals surface area contributed by atoms with Crippen LogP contribution in [0.5, 0.6) is 0 Å². The normalized spacial score (nSPS) is 13.7. The molecule has 3 nitrogen and oxygen atoms in total. The Morgan fingerprint density at radius 2 is 1.90 bits per heavy atom. The maximum Gasteiger partial charge on any atom is 0.212 e. The van der Waals surface area contributed by atoms with Crippen molar-refractivity contribution in [3.8, 4) is 12.3 Å². The highest BCUT2D eigenvalue weighted by Crippen LogP contribution is 2.10. The molecule has 0 aliphatic rings. The fourth-order valence-corrected chi connectivity index (χ4v) is 0.724. The van der Waals surface area contributed by atoms with Gasteiger partial charge in [0.25, 0.3) is 0 Å². The summed E-state index contributed by atoms with van der Waals surface area (Å²) in [5.74, 6) is 0. The summed E-state index contributed by atoms with van der Waals surface area (Å²) >= 11 is 0. The smallest absolute Gasteiger partial charge is 0.197 e. The number of hydrogen-bond acceptors (Lipinski definition) is 3. The van der Waals surface area contributed by atoms with Crippen molar-refractivity contribution in [3.05, 3.63) is 0 Å². The Morgan fingerprint density at radius 3 is 2.20 bits per heavy atom. The van der Waals surface area contributed by atoms with Crippen LogP contribution in [0.4, 0.5) is 0 Å². The van der Waals surface area contributed by atoms with Crippen LogP contribution in [0.3, 0.4) is 0 Å². The van der Waals surface area contributed by atoms with Gasteiger partial charge < -0.3 is 0 Å². The third-order valence-electron chi connectivity index (χ3n) is 1.19. The first kappa shape index (κ1) is 9.13. The second-order valence-corrected chi connectivity index (χ2v) is 4.45. The molecule has 0 aliphatic carbocycles.